The molecule has 216 valence electrons. The molecule has 2 aromatic carbocycles. The van der Waals surface area contributed by atoms with Crippen LogP contribution in [0.3, 0.4) is 0 Å². The molecule has 1 aromatic heterocycles. The highest BCUT2D eigenvalue weighted by molar-refractivity contribution is 8.01. The van der Waals surface area contributed by atoms with Gasteiger partial charge < -0.3 is 20.5 Å². The third-order valence-electron chi connectivity index (χ3n) is 6.78. The number of benzene rings is 2. The van der Waals surface area contributed by atoms with Gasteiger partial charge in [-0.25, -0.2) is 0 Å². The highest BCUT2D eigenvalue weighted by Gasteiger charge is 2.42. The lowest BCUT2D eigenvalue weighted by Crippen LogP contribution is -2.38. The predicted octanol–water partition coefficient (Wildman–Crippen LogP) is 5.90. The first-order valence-corrected chi connectivity index (χ1v) is 15.2. The van der Waals surface area contributed by atoms with Crippen LogP contribution in [-0.4, -0.2) is 41.9 Å². The van der Waals surface area contributed by atoms with Crippen LogP contribution >= 0.6 is 46.3 Å². The second-order valence-corrected chi connectivity index (χ2v) is 12.3. The minimum atomic E-state index is -0.724. The Hall–Kier alpha value is -3.76. The molecule has 10 nitrogen and oxygen atoms in total. The molecule has 2 aliphatic rings. The summed E-state index contributed by atoms with van der Waals surface area (Å²) in [5, 5.41) is 22.7. The van der Waals surface area contributed by atoms with Crippen molar-refractivity contribution in [2.24, 2.45) is 5.73 Å². The quantitative estimate of drug-likeness (QED) is 0.285. The fraction of sp³-hybridized carbons (Fsp3) is 0.250. The van der Waals surface area contributed by atoms with Gasteiger partial charge in [0.15, 0.2) is 10.1 Å². The summed E-state index contributed by atoms with van der Waals surface area (Å²) in [6.07, 6.45) is 1.52. The highest BCUT2D eigenvalue weighted by Crippen LogP contribution is 2.48. The molecule has 0 fully saturated rings. The van der Waals surface area contributed by atoms with Crippen LogP contribution in [0.1, 0.15) is 30.7 Å². The molecule has 5 rings (SSSR count). The van der Waals surface area contributed by atoms with Crippen LogP contribution in [0, 0.1) is 11.3 Å². The molecular formula is C28H24Cl2N6O4S2. The first kappa shape index (κ1) is 29.7. The van der Waals surface area contributed by atoms with Crippen molar-refractivity contribution in [3.63, 3.8) is 0 Å². The predicted molar refractivity (Wildman–Crippen MR) is 163 cm³/mol. The van der Waals surface area contributed by atoms with Crippen LogP contribution in [0.2, 0.25) is 10.0 Å². The monoisotopic (exact) mass is 642 g/mol. The second-order valence-electron chi connectivity index (χ2n) is 9.24. The van der Waals surface area contributed by atoms with Crippen molar-refractivity contribution in [1.82, 2.24) is 10.2 Å². The Morgan fingerprint density at radius 1 is 1.21 bits per heavy atom. The van der Waals surface area contributed by atoms with E-state index < -0.39 is 5.92 Å². The van der Waals surface area contributed by atoms with Crippen molar-refractivity contribution in [2.75, 3.05) is 30.2 Å². The van der Waals surface area contributed by atoms with E-state index in [0.717, 1.165) is 0 Å². The molecule has 1 aliphatic carbocycles. The number of nitrogens with two attached hydrogens (primary N) is 1. The number of carbonyl (C=O) groups excluding carboxylic acids is 2. The van der Waals surface area contributed by atoms with E-state index in [2.05, 4.69) is 21.6 Å². The molecule has 0 saturated carbocycles. The Labute approximate surface area is 260 Å². The number of ketones is 1. The van der Waals surface area contributed by atoms with Crippen molar-refractivity contribution in [1.29, 1.82) is 5.26 Å². The lowest BCUT2D eigenvalue weighted by atomic mass is 9.76. The standard InChI is InChI=1S/C28H24Cl2N6O4S2/c1-39-15-7-9-22(40-2)19(11-15)33-23(38)13-41-28-35-34-27(42-28)36-20-4-3-5-21(37)25(20)24(17(12-31)26(36)32)16-8-6-14(29)10-18(16)30/h6-11,24H,3-5,13,32H2,1-2H3,(H,33,38). The van der Waals surface area contributed by atoms with Gasteiger partial charge in [0.05, 0.1) is 43.2 Å². The largest absolute Gasteiger partial charge is 0.497 e. The number of thioether (sulfide) groups is 1. The van der Waals surface area contributed by atoms with Gasteiger partial charge in [0.1, 0.15) is 17.3 Å². The van der Waals surface area contributed by atoms with E-state index in [1.165, 1.54) is 37.3 Å². The van der Waals surface area contributed by atoms with Gasteiger partial charge in [0.25, 0.3) is 0 Å². The minimum Gasteiger partial charge on any atom is -0.497 e. The van der Waals surface area contributed by atoms with E-state index in [1.54, 1.807) is 41.3 Å². The number of rotatable bonds is 8. The number of Topliss-reactive ketones (excluding diaryl/α,β-unsaturated/α-hetero) is 1. The van der Waals surface area contributed by atoms with E-state index in [0.29, 0.717) is 72.8 Å². The number of amides is 1. The molecule has 0 radical (unpaired) electrons. The molecule has 3 aromatic rings. The zero-order valence-corrected chi connectivity index (χ0v) is 25.6. The summed E-state index contributed by atoms with van der Waals surface area (Å²) in [5.74, 6) is 0.187. The third kappa shape index (κ3) is 5.78. The fourth-order valence-corrected chi connectivity index (χ4v) is 7.13. The van der Waals surface area contributed by atoms with Gasteiger partial charge in [-0.05, 0) is 42.7 Å². The highest BCUT2D eigenvalue weighted by atomic mass is 35.5. The van der Waals surface area contributed by atoms with Gasteiger partial charge in [0, 0.05) is 33.8 Å². The molecule has 14 heteroatoms. The van der Waals surface area contributed by atoms with Gasteiger partial charge in [-0.2, -0.15) is 5.26 Å². The van der Waals surface area contributed by atoms with Crippen LogP contribution in [0.5, 0.6) is 11.5 Å². The van der Waals surface area contributed by atoms with E-state index >= 15 is 0 Å². The first-order chi connectivity index (χ1) is 20.2. The summed E-state index contributed by atoms with van der Waals surface area (Å²) in [5.41, 5.74) is 8.98. The molecule has 1 unspecified atom stereocenters. The SMILES string of the molecule is COc1ccc(OC)c(NC(=O)CSc2nnc(N3C(N)=C(C#N)C(c4ccc(Cl)cc4Cl)C4=C3CCCC4=O)s2)c1. The molecule has 0 saturated heterocycles. The van der Waals surface area contributed by atoms with Crippen molar-refractivity contribution in [3.05, 3.63) is 74.7 Å². The van der Waals surface area contributed by atoms with Crippen molar-refractivity contribution < 1.29 is 19.1 Å². The number of nitriles is 1. The van der Waals surface area contributed by atoms with Crippen molar-refractivity contribution in [2.45, 2.75) is 29.5 Å². The average Bonchev–Trinajstić information content (AvgIpc) is 3.44. The van der Waals surface area contributed by atoms with Gasteiger partial charge in [-0.3, -0.25) is 14.5 Å². The van der Waals surface area contributed by atoms with Gasteiger partial charge in [-0.1, -0.05) is 52.4 Å². The van der Waals surface area contributed by atoms with Gasteiger partial charge >= 0.3 is 0 Å². The molecular weight excluding hydrogens is 619 g/mol. The maximum atomic E-state index is 13.3. The van der Waals surface area contributed by atoms with Crippen LogP contribution in [0.25, 0.3) is 0 Å². The second kappa shape index (κ2) is 12.6. The summed E-state index contributed by atoms with van der Waals surface area (Å²) in [4.78, 5) is 27.7. The number of methoxy groups -OCH3 is 2. The number of anilines is 2. The Balaban J connectivity index is 1.41. The van der Waals surface area contributed by atoms with E-state index in [4.69, 9.17) is 38.4 Å². The molecule has 42 heavy (non-hydrogen) atoms. The number of nitrogens with zero attached hydrogens (tertiary/aromatic N) is 4. The number of aromatic nitrogens is 2. The summed E-state index contributed by atoms with van der Waals surface area (Å²) in [6.45, 7) is 0. The van der Waals surface area contributed by atoms with Crippen molar-refractivity contribution >= 4 is 68.8 Å². The molecule has 1 atom stereocenters. The van der Waals surface area contributed by atoms with Gasteiger partial charge in [0.2, 0.25) is 11.0 Å². The van der Waals surface area contributed by atoms with Crippen LogP contribution < -0.4 is 25.4 Å². The average molecular weight is 644 g/mol. The molecule has 1 aliphatic heterocycles. The Morgan fingerprint density at radius 3 is 2.74 bits per heavy atom. The Morgan fingerprint density at radius 2 is 2.02 bits per heavy atom. The van der Waals surface area contributed by atoms with Crippen molar-refractivity contribution in [3.8, 4) is 17.6 Å². The number of halogens is 2. The summed E-state index contributed by atoms with van der Waals surface area (Å²) in [6, 6.07) is 12.3. The lowest BCUT2D eigenvalue weighted by Gasteiger charge is -2.38. The normalized spacial score (nSPS) is 16.7. The van der Waals surface area contributed by atoms with E-state index in [9.17, 15) is 14.9 Å². The van der Waals surface area contributed by atoms with E-state index in [1.807, 2.05) is 0 Å². The number of ether oxygens (including phenoxy) is 2. The molecule has 1 amide bonds. The lowest BCUT2D eigenvalue weighted by molar-refractivity contribution is -0.116. The zero-order valence-electron chi connectivity index (χ0n) is 22.4. The Kier molecular flexibility index (Phi) is 8.93. The minimum absolute atomic E-state index is 0.0489. The Bertz CT molecular complexity index is 1680. The zero-order chi connectivity index (χ0) is 30.0. The fourth-order valence-electron chi connectivity index (χ4n) is 4.93. The number of allylic oxidation sites excluding steroid dienone is 3. The number of carbonyl (C=O) groups is 2. The topological polar surface area (TPSA) is 143 Å². The summed E-state index contributed by atoms with van der Waals surface area (Å²) >= 11 is 15.1. The van der Waals surface area contributed by atoms with Crippen LogP contribution in [0.4, 0.5) is 10.8 Å². The molecule has 0 bridgehead atoms. The maximum Gasteiger partial charge on any atom is 0.234 e. The number of hydrogen-bond acceptors (Lipinski definition) is 11. The summed E-state index contributed by atoms with van der Waals surface area (Å²) < 4.78 is 11.1. The maximum absolute atomic E-state index is 13.3. The number of hydrogen-bond donors (Lipinski definition) is 2. The first-order valence-electron chi connectivity index (χ1n) is 12.6. The smallest absolute Gasteiger partial charge is 0.234 e. The molecule has 2 heterocycles. The molecule has 0 spiro atoms. The van der Waals surface area contributed by atoms with E-state index in [-0.39, 0.29) is 28.8 Å². The van der Waals surface area contributed by atoms with Gasteiger partial charge in [-0.15, -0.1) is 10.2 Å². The number of nitrogens with one attached hydrogen (secondary N) is 1. The van der Waals surface area contributed by atoms with Crippen LogP contribution in [0.15, 0.2) is 63.4 Å². The molecule has 3 N–H and O–H groups in total. The third-order valence-corrected chi connectivity index (χ3v) is 9.39. The van der Waals surface area contributed by atoms with Crippen LogP contribution in [-0.2, 0) is 9.59 Å². The summed E-state index contributed by atoms with van der Waals surface area (Å²) in [7, 11) is 3.05.